The van der Waals surface area contributed by atoms with E-state index in [2.05, 4.69) is 0 Å². The van der Waals surface area contributed by atoms with Crippen LogP contribution in [0.3, 0.4) is 0 Å². The van der Waals surface area contributed by atoms with Crippen LogP contribution in [0.2, 0.25) is 0 Å². The molecule has 2 aliphatic rings. The van der Waals surface area contributed by atoms with Crippen LogP contribution in [0, 0.1) is 11.6 Å². The van der Waals surface area contributed by atoms with E-state index in [-0.39, 0.29) is 42.3 Å². The highest BCUT2D eigenvalue weighted by Crippen LogP contribution is 2.51. The number of halogens is 2. The Hall–Kier alpha value is -1.58. The number of hydrogen-bond donors (Lipinski definition) is 2. The number of sulfonamides is 1. The van der Waals surface area contributed by atoms with Gasteiger partial charge in [-0.15, -0.1) is 0 Å². The number of benzene rings is 1. The molecule has 9 heteroatoms. The lowest BCUT2D eigenvalue weighted by molar-refractivity contribution is -0.142. The van der Waals surface area contributed by atoms with Gasteiger partial charge < -0.3 is 10.8 Å². The molecule has 1 saturated heterocycles. The van der Waals surface area contributed by atoms with Crippen molar-refractivity contribution in [3.63, 3.8) is 0 Å². The average Bonchev–Trinajstić information content (AvgIpc) is 2.50. The van der Waals surface area contributed by atoms with E-state index in [0.717, 1.165) is 12.1 Å². The van der Waals surface area contributed by atoms with Gasteiger partial charge in [-0.3, -0.25) is 4.79 Å². The second-order valence-corrected chi connectivity index (χ2v) is 10.1. The summed E-state index contributed by atoms with van der Waals surface area (Å²) in [6.45, 7) is 2.96. The number of carbonyl (C=O) groups excluding carboxylic acids is 1. The Labute approximate surface area is 157 Å². The molecule has 1 aliphatic heterocycles. The van der Waals surface area contributed by atoms with Gasteiger partial charge in [-0.05, 0) is 51.7 Å². The van der Waals surface area contributed by atoms with E-state index in [4.69, 9.17) is 5.73 Å². The second kappa shape index (κ2) is 6.49. The number of carbonyl (C=O) groups is 1. The SMILES string of the molecule is C[C@H]1CCCS(=O)(=O)N1Cc1cc(F)c(C2(C(N)=O)CC(C)(O)C2)cc1F. The van der Waals surface area contributed by atoms with E-state index in [1.165, 1.54) is 11.2 Å². The maximum Gasteiger partial charge on any atom is 0.228 e. The lowest BCUT2D eigenvalue weighted by Crippen LogP contribution is -2.59. The molecule has 3 rings (SSSR count). The van der Waals surface area contributed by atoms with Crippen LogP contribution in [0.25, 0.3) is 0 Å². The van der Waals surface area contributed by atoms with Crippen LogP contribution in [0.1, 0.15) is 50.7 Å². The van der Waals surface area contributed by atoms with Crippen molar-refractivity contribution < 1.29 is 27.1 Å². The first-order valence-electron chi connectivity index (χ1n) is 8.88. The minimum atomic E-state index is -3.52. The van der Waals surface area contributed by atoms with E-state index in [1.54, 1.807) is 6.92 Å². The molecule has 1 aromatic rings. The van der Waals surface area contributed by atoms with Gasteiger partial charge >= 0.3 is 0 Å². The van der Waals surface area contributed by atoms with Gasteiger partial charge in [0.15, 0.2) is 0 Å². The van der Waals surface area contributed by atoms with E-state index in [9.17, 15) is 27.1 Å². The van der Waals surface area contributed by atoms with Crippen LogP contribution in [-0.2, 0) is 26.8 Å². The predicted molar refractivity (Wildman–Crippen MR) is 95.1 cm³/mol. The van der Waals surface area contributed by atoms with Crippen LogP contribution in [0.15, 0.2) is 12.1 Å². The van der Waals surface area contributed by atoms with Gasteiger partial charge in [0.05, 0.1) is 16.8 Å². The zero-order chi connectivity index (χ0) is 20.2. The Morgan fingerprint density at radius 3 is 2.48 bits per heavy atom. The Bertz CT molecular complexity index is 878. The molecule has 1 heterocycles. The third kappa shape index (κ3) is 3.48. The number of rotatable bonds is 4. The predicted octanol–water partition coefficient (Wildman–Crippen LogP) is 1.55. The summed E-state index contributed by atoms with van der Waals surface area (Å²) in [5.41, 5.74) is 2.49. The number of nitrogens with two attached hydrogens (primary N) is 1. The third-order valence-corrected chi connectivity index (χ3v) is 7.70. The summed E-state index contributed by atoms with van der Waals surface area (Å²) >= 11 is 0. The summed E-state index contributed by atoms with van der Waals surface area (Å²) in [4.78, 5) is 11.9. The van der Waals surface area contributed by atoms with Crippen molar-refractivity contribution in [3.8, 4) is 0 Å². The van der Waals surface area contributed by atoms with Crippen molar-refractivity contribution in [2.24, 2.45) is 5.73 Å². The Morgan fingerprint density at radius 2 is 1.96 bits per heavy atom. The van der Waals surface area contributed by atoms with Gasteiger partial charge in [-0.1, -0.05) is 0 Å². The van der Waals surface area contributed by atoms with Gasteiger partial charge in [-0.2, -0.15) is 4.31 Å². The molecular formula is C18H24F2N2O4S. The molecule has 6 nitrogen and oxygen atoms in total. The molecule has 1 atom stereocenters. The first-order valence-corrected chi connectivity index (χ1v) is 10.5. The lowest BCUT2D eigenvalue weighted by Gasteiger charge is -2.50. The van der Waals surface area contributed by atoms with Crippen LogP contribution in [0.5, 0.6) is 0 Å². The normalized spacial score (nSPS) is 33.4. The van der Waals surface area contributed by atoms with Crippen LogP contribution < -0.4 is 5.73 Å². The summed E-state index contributed by atoms with van der Waals surface area (Å²) in [5, 5.41) is 9.98. The fraction of sp³-hybridized carbons (Fsp3) is 0.611. The van der Waals surface area contributed by atoms with Crippen LogP contribution >= 0.6 is 0 Å². The second-order valence-electron chi connectivity index (χ2n) is 8.07. The number of primary amides is 1. The zero-order valence-corrected chi connectivity index (χ0v) is 16.2. The van der Waals surface area contributed by atoms with Crippen molar-refractivity contribution in [2.45, 2.75) is 63.1 Å². The quantitative estimate of drug-likeness (QED) is 0.798. The maximum atomic E-state index is 14.8. The standard InChI is InChI=1S/C18H24F2N2O4S/c1-11-4-3-5-27(25,26)22(11)8-12-6-15(20)13(7-14(12)19)18(16(21)23)9-17(2,24)10-18/h6-7,11,24H,3-5,8-10H2,1-2H3,(H2,21,23)/t11-,17?,18?/m0/s1. The Balaban J connectivity index is 1.95. The molecule has 1 saturated carbocycles. The molecule has 0 aromatic heterocycles. The summed E-state index contributed by atoms with van der Waals surface area (Å²) in [6.07, 6.45) is 1.00. The van der Waals surface area contributed by atoms with Gasteiger partial charge in [-0.25, -0.2) is 17.2 Å². The number of nitrogens with zero attached hydrogens (tertiary/aromatic N) is 1. The van der Waals surface area contributed by atoms with Crippen LogP contribution in [-0.4, -0.2) is 41.1 Å². The third-order valence-electron chi connectivity index (χ3n) is 5.69. The highest BCUT2D eigenvalue weighted by atomic mass is 32.2. The first-order chi connectivity index (χ1) is 12.4. The summed E-state index contributed by atoms with van der Waals surface area (Å²) in [6, 6.07) is 1.54. The number of aliphatic hydroxyl groups is 1. The molecule has 2 fully saturated rings. The van der Waals surface area contributed by atoms with E-state index >= 15 is 0 Å². The van der Waals surface area contributed by atoms with Gasteiger partial charge in [0.2, 0.25) is 15.9 Å². The average molecular weight is 402 g/mol. The summed E-state index contributed by atoms with van der Waals surface area (Å²) < 4.78 is 55.2. The van der Waals surface area contributed by atoms with Crippen molar-refractivity contribution in [2.75, 3.05) is 5.75 Å². The topological polar surface area (TPSA) is 101 Å². The molecule has 0 bridgehead atoms. The monoisotopic (exact) mass is 402 g/mol. The molecule has 1 aliphatic carbocycles. The molecule has 1 aromatic carbocycles. The maximum absolute atomic E-state index is 14.8. The van der Waals surface area contributed by atoms with E-state index in [0.29, 0.717) is 12.8 Å². The fourth-order valence-corrected chi connectivity index (χ4v) is 6.10. The van der Waals surface area contributed by atoms with Gasteiger partial charge in [0.25, 0.3) is 0 Å². The molecule has 0 radical (unpaired) electrons. The van der Waals surface area contributed by atoms with Crippen molar-refractivity contribution in [3.05, 3.63) is 34.9 Å². The minimum absolute atomic E-state index is 0.0145. The van der Waals surface area contributed by atoms with Crippen LogP contribution in [0.4, 0.5) is 8.78 Å². The first kappa shape index (κ1) is 20.2. The smallest absolute Gasteiger partial charge is 0.228 e. The van der Waals surface area contributed by atoms with Crippen molar-refractivity contribution in [1.82, 2.24) is 4.31 Å². The molecule has 150 valence electrons. The molecular weight excluding hydrogens is 378 g/mol. The molecule has 3 N–H and O–H groups in total. The lowest BCUT2D eigenvalue weighted by atomic mass is 9.56. The van der Waals surface area contributed by atoms with Gasteiger partial charge in [0.1, 0.15) is 11.6 Å². The largest absolute Gasteiger partial charge is 0.390 e. The van der Waals surface area contributed by atoms with Gasteiger partial charge in [0, 0.05) is 23.7 Å². The summed E-state index contributed by atoms with van der Waals surface area (Å²) in [5.74, 6) is -2.47. The highest BCUT2D eigenvalue weighted by molar-refractivity contribution is 7.89. The Morgan fingerprint density at radius 1 is 1.33 bits per heavy atom. The summed E-state index contributed by atoms with van der Waals surface area (Å²) in [7, 11) is -3.52. The fourth-order valence-electron chi connectivity index (χ4n) is 4.34. The Kier molecular flexibility index (Phi) is 4.85. The number of amides is 1. The van der Waals surface area contributed by atoms with E-state index in [1.807, 2.05) is 0 Å². The van der Waals surface area contributed by atoms with E-state index < -0.39 is 38.6 Å². The molecule has 1 amide bonds. The van der Waals surface area contributed by atoms with Crippen molar-refractivity contribution >= 4 is 15.9 Å². The highest BCUT2D eigenvalue weighted by Gasteiger charge is 2.57. The number of hydrogen-bond acceptors (Lipinski definition) is 4. The minimum Gasteiger partial charge on any atom is -0.390 e. The zero-order valence-electron chi connectivity index (χ0n) is 15.3. The molecule has 0 unspecified atom stereocenters. The molecule has 0 spiro atoms. The van der Waals surface area contributed by atoms with Crippen molar-refractivity contribution in [1.29, 1.82) is 0 Å². The molecule has 27 heavy (non-hydrogen) atoms.